The zero-order valence-corrected chi connectivity index (χ0v) is 16.9. The average molecular weight is 406 g/mol. The van der Waals surface area contributed by atoms with Crippen LogP contribution in [-0.4, -0.2) is 53.0 Å². The van der Waals surface area contributed by atoms with Gasteiger partial charge in [0.1, 0.15) is 36.6 Å². The minimum Gasteiger partial charge on any atom is -0.489 e. The molecule has 1 N–H and O–H groups in total. The highest BCUT2D eigenvalue weighted by molar-refractivity contribution is 5.70. The largest absolute Gasteiger partial charge is 0.489 e. The first-order chi connectivity index (χ1) is 14.5. The Balaban J connectivity index is 1.53. The first-order valence-corrected chi connectivity index (χ1v) is 9.63. The molecule has 0 spiro atoms. The van der Waals surface area contributed by atoms with E-state index >= 15 is 0 Å². The highest BCUT2D eigenvalue weighted by atomic mass is 19.1. The van der Waals surface area contributed by atoms with Gasteiger partial charge in [-0.3, -0.25) is 0 Å². The standard InChI is InChI=1S/C23H23FN4O2/c1-27(2)22-9-7-18(12-25-22)16-3-5-17(6-4-16)21-14-28-13-20(8-10-23(28)26-21)30-15-19(29)11-24/h3-10,12-14,19,29H,11,15H2,1-2H3. The van der Waals surface area contributed by atoms with Crippen LogP contribution in [0, 0.1) is 0 Å². The molecule has 0 bridgehead atoms. The number of imidazole rings is 1. The Bertz CT molecular complexity index is 1120. The number of anilines is 1. The van der Waals surface area contributed by atoms with Crippen LogP contribution in [0.25, 0.3) is 28.0 Å². The van der Waals surface area contributed by atoms with Gasteiger partial charge in [0.15, 0.2) is 0 Å². The summed E-state index contributed by atoms with van der Waals surface area (Å²) in [5.41, 5.74) is 4.75. The number of hydrogen-bond acceptors (Lipinski definition) is 5. The molecule has 154 valence electrons. The van der Waals surface area contributed by atoms with E-state index in [4.69, 9.17) is 4.74 Å². The summed E-state index contributed by atoms with van der Waals surface area (Å²) in [6.07, 6.45) is 4.43. The lowest BCUT2D eigenvalue weighted by molar-refractivity contribution is 0.0840. The minimum atomic E-state index is -1.12. The van der Waals surface area contributed by atoms with Crippen molar-refractivity contribution < 1.29 is 14.2 Å². The van der Waals surface area contributed by atoms with Gasteiger partial charge >= 0.3 is 0 Å². The smallest absolute Gasteiger partial charge is 0.137 e. The van der Waals surface area contributed by atoms with E-state index in [1.165, 1.54) is 0 Å². The van der Waals surface area contributed by atoms with Crippen molar-refractivity contribution >= 4 is 11.5 Å². The molecule has 4 rings (SSSR count). The topological polar surface area (TPSA) is 62.9 Å². The number of hydrogen-bond donors (Lipinski definition) is 1. The molecule has 3 heterocycles. The van der Waals surface area contributed by atoms with Crippen molar-refractivity contribution in [3.63, 3.8) is 0 Å². The molecule has 0 saturated heterocycles. The van der Waals surface area contributed by atoms with Crippen LogP contribution < -0.4 is 9.64 Å². The summed E-state index contributed by atoms with van der Waals surface area (Å²) in [7, 11) is 3.93. The molecule has 0 aliphatic carbocycles. The third kappa shape index (κ3) is 4.26. The van der Waals surface area contributed by atoms with Crippen LogP contribution in [0.3, 0.4) is 0 Å². The van der Waals surface area contributed by atoms with Gasteiger partial charge in [0, 0.05) is 37.6 Å². The van der Waals surface area contributed by atoms with Gasteiger partial charge in [0.25, 0.3) is 0 Å². The quantitative estimate of drug-likeness (QED) is 0.505. The minimum absolute atomic E-state index is 0.0879. The summed E-state index contributed by atoms with van der Waals surface area (Å²) in [4.78, 5) is 11.1. The van der Waals surface area contributed by atoms with E-state index in [-0.39, 0.29) is 6.61 Å². The van der Waals surface area contributed by atoms with E-state index < -0.39 is 12.8 Å². The lowest BCUT2D eigenvalue weighted by Crippen LogP contribution is -2.19. The molecular weight excluding hydrogens is 383 g/mol. The van der Waals surface area contributed by atoms with Crippen LogP contribution in [0.4, 0.5) is 10.2 Å². The molecule has 0 aliphatic heterocycles. The molecule has 3 aromatic heterocycles. The molecule has 30 heavy (non-hydrogen) atoms. The highest BCUT2D eigenvalue weighted by Crippen LogP contribution is 2.26. The van der Waals surface area contributed by atoms with Gasteiger partial charge in [-0.25, -0.2) is 14.4 Å². The number of alkyl halides is 1. The summed E-state index contributed by atoms with van der Waals surface area (Å²) >= 11 is 0. The fourth-order valence-corrected chi connectivity index (χ4v) is 3.09. The van der Waals surface area contributed by atoms with Gasteiger partial charge in [-0.05, 0) is 29.8 Å². The maximum atomic E-state index is 12.4. The van der Waals surface area contributed by atoms with Crippen molar-refractivity contribution in [2.24, 2.45) is 0 Å². The number of pyridine rings is 2. The van der Waals surface area contributed by atoms with Crippen molar-refractivity contribution in [1.82, 2.24) is 14.4 Å². The van der Waals surface area contributed by atoms with E-state index in [9.17, 15) is 9.50 Å². The van der Waals surface area contributed by atoms with E-state index in [1.54, 1.807) is 12.3 Å². The first kappa shape index (κ1) is 19.8. The SMILES string of the molecule is CN(C)c1ccc(-c2ccc(-c3cn4cc(OCC(O)CF)ccc4n3)cc2)cn1. The molecule has 1 unspecified atom stereocenters. The summed E-state index contributed by atoms with van der Waals surface area (Å²) < 4.78 is 19.6. The molecule has 6 nitrogen and oxygen atoms in total. The number of benzene rings is 1. The fourth-order valence-electron chi connectivity index (χ4n) is 3.09. The third-order valence-electron chi connectivity index (χ3n) is 4.76. The summed E-state index contributed by atoms with van der Waals surface area (Å²) in [5, 5.41) is 9.30. The predicted molar refractivity (Wildman–Crippen MR) is 116 cm³/mol. The number of halogens is 1. The molecular formula is C23H23FN4O2. The zero-order valence-electron chi connectivity index (χ0n) is 16.9. The van der Waals surface area contributed by atoms with Gasteiger partial charge in [0.2, 0.25) is 0 Å². The Labute approximate surface area is 174 Å². The molecule has 1 atom stereocenters. The van der Waals surface area contributed by atoms with Crippen LogP contribution in [0.2, 0.25) is 0 Å². The Hall–Kier alpha value is -3.45. The van der Waals surface area contributed by atoms with Gasteiger partial charge < -0.3 is 19.1 Å². The Kier molecular flexibility index (Phi) is 5.63. The van der Waals surface area contributed by atoms with Crippen molar-refractivity contribution in [3.8, 4) is 28.1 Å². The Morgan fingerprint density at radius 2 is 1.73 bits per heavy atom. The fraction of sp³-hybridized carbons (Fsp3) is 0.217. The molecule has 1 aromatic carbocycles. The van der Waals surface area contributed by atoms with E-state index in [0.717, 1.165) is 33.8 Å². The molecule has 0 radical (unpaired) electrons. The maximum absolute atomic E-state index is 12.4. The summed E-state index contributed by atoms with van der Waals surface area (Å²) in [6.45, 7) is -0.918. The van der Waals surface area contributed by atoms with E-state index in [2.05, 4.69) is 28.2 Å². The van der Waals surface area contributed by atoms with E-state index in [0.29, 0.717) is 5.75 Å². The number of aliphatic hydroxyl groups excluding tert-OH is 1. The second-order valence-corrected chi connectivity index (χ2v) is 7.25. The first-order valence-electron chi connectivity index (χ1n) is 9.63. The average Bonchev–Trinajstić information content (AvgIpc) is 3.21. The number of ether oxygens (including phenoxy) is 1. The van der Waals surface area contributed by atoms with Crippen molar-refractivity contribution in [1.29, 1.82) is 0 Å². The number of nitrogens with zero attached hydrogens (tertiary/aromatic N) is 4. The normalized spacial score (nSPS) is 12.1. The monoisotopic (exact) mass is 406 g/mol. The van der Waals surface area contributed by atoms with Crippen LogP contribution in [0.1, 0.15) is 0 Å². The second-order valence-electron chi connectivity index (χ2n) is 7.25. The lowest BCUT2D eigenvalue weighted by atomic mass is 10.0. The van der Waals surface area contributed by atoms with E-state index in [1.807, 2.05) is 60.1 Å². The lowest BCUT2D eigenvalue weighted by Gasteiger charge is -2.11. The van der Waals surface area contributed by atoms with Gasteiger partial charge in [-0.2, -0.15) is 0 Å². The molecule has 0 aliphatic rings. The number of aliphatic hydroxyl groups is 1. The molecule has 4 aromatic rings. The van der Waals surface area contributed by atoms with Gasteiger partial charge in [0.05, 0.1) is 11.9 Å². The predicted octanol–water partition coefficient (Wildman–Crippen LogP) is 3.84. The Morgan fingerprint density at radius 3 is 2.40 bits per heavy atom. The van der Waals surface area contributed by atoms with Gasteiger partial charge in [-0.1, -0.05) is 24.3 Å². The summed E-state index contributed by atoms with van der Waals surface area (Å²) in [5.74, 6) is 1.46. The maximum Gasteiger partial charge on any atom is 0.137 e. The number of fused-ring (bicyclic) bond motifs is 1. The van der Waals surface area contributed by atoms with Gasteiger partial charge in [-0.15, -0.1) is 0 Å². The molecule has 0 fully saturated rings. The molecule has 0 amide bonds. The third-order valence-corrected chi connectivity index (χ3v) is 4.76. The van der Waals surface area contributed by atoms with Crippen molar-refractivity contribution in [3.05, 3.63) is 67.1 Å². The zero-order chi connectivity index (χ0) is 21.1. The van der Waals surface area contributed by atoms with Crippen LogP contribution in [-0.2, 0) is 0 Å². The number of rotatable bonds is 7. The number of aromatic nitrogens is 3. The molecule has 0 saturated carbocycles. The van der Waals surface area contributed by atoms with Crippen molar-refractivity contribution in [2.45, 2.75) is 6.10 Å². The van der Waals surface area contributed by atoms with Crippen LogP contribution >= 0.6 is 0 Å². The summed E-state index contributed by atoms with van der Waals surface area (Å²) in [6, 6.07) is 15.8. The molecule has 7 heteroatoms. The van der Waals surface area contributed by atoms with Crippen LogP contribution in [0.5, 0.6) is 5.75 Å². The second kappa shape index (κ2) is 8.51. The van der Waals surface area contributed by atoms with Crippen molar-refractivity contribution in [2.75, 3.05) is 32.3 Å². The highest BCUT2D eigenvalue weighted by Gasteiger charge is 2.08. The van der Waals surface area contributed by atoms with Crippen LogP contribution in [0.15, 0.2) is 67.1 Å². The Morgan fingerprint density at radius 1 is 1.00 bits per heavy atom.